The standard InChI is InChI=1S/C14H20N4O2S/c1-3-15-12-13(18-9-5-4-6-11(18)17-12)21(19,20)16-10-14(2)7-8-14/h4-6,9,15-16H,3,7-8,10H2,1-2H3. The van der Waals surface area contributed by atoms with Gasteiger partial charge in [-0.1, -0.05) is 13.0 Å². The molecule has 2 heterocycles. The number of anilines is 1. The Morgan fingerprint density at radius 1 is 1.38 bits per heavy atom. The van der Waals surface area contributed by atoms with Crippen LogP contribution in [0.25, 0.3) is 5.65 Å². The van der Waals surface area contributed by atoms with Gasteiger partial charge in [-0.2, -0.15) is 0 Å². The highest BCUT2D eigenvalue weighted by atomic mass is 32.2. The van der Waals surface area contributed by atoms with Crippen LogP contribution in [-0.2, 0) is 10.0 Å². The molecule has 0 saturated heterocycles. The highest BCUT2D eigenvalue weighted by molar-refractivity contribution is 7.89. The number of nitrogens with zero attached hydrogens (tertiary/aromatic N) is 2. The summed E-state index contributed by atoms with van der Waals surface area (Å²) in [6.45, 7) is 5.10. The highest BCUT2D eigenvalue weighted by Crippen LogP contribution is 2.44. The predicted molar refractivity (Wildman–Crippen MR) is 81.9 cm³/mol. The van der Waals surface area contributed by atoms with E-state index in [1.165, 1.54) is 0 Å². The third-order valence-corrected chi connectivity index (χ3v) is 5.30. The van der Waals surface area contributed by atoms with E-state index < -0.39 is 10.0 Å². The van der Waals surface area contributed by atoms with Gasteiger partial charge < -0.3 is 5.32 Å². The summed E-state index contributed by atoms with van der Waals surface area (Å²) in [5.74, 6) is 0.400. The van der Waals surface area contributed by atoms with Crippen LogP contribution in [0.2, 0.25) is 0 Å². The maximum Gasteiger partial charge on any atom is 0.260 e. The number of aromatic nitrogens is 2. The van der Waals surface area contributed by atoms with E-state index in [2.05, 4.69) is 21.9 Å². The molecule has 0 aromatic carbocycles. The molecule has 2 aromatic heterocycles. The first-order chi connectivity index (χ1) is 9.95. The van der Waals surface area contributed by atoms with Crippen molar-refractivity contribution in [2.75, 3.05) is 18.4 Å². The monoisotopic (exact) mass is 308 g/mol. The van der Waals surface area contributed by atoms with Gasteiger partial charge in [0, 0.05) is 19.3 Å². The summed E-state index contributed by atoms with van der Waals surface area (Å²) in [5.41, 5.74) is 0.734. The molecule has 1 aliphatic carbocycles. The molecule has 1 aliphatic rings. The Kier molecular flexibility index (Phi) is 3.41. The van der Waals surface area contributed by atoms with Gasteiger partial charge in [0.15, 0.2) is 10.8 Å². The van der Waals surface area contributed by atoms with Gasteiger partial charge in [-0.25, -0.2) is 18.1 Å². The van der Waals surface area contributed by atoms with Crippen molar-refractivity contribution in [2.45, 2.75) is 31.7 Å². The minimum absolute atomic E-state index is 0.117. The molecule has 7 heteroatoms. The van der Waals surface area contributed by atoms with E-state index in [9.17, 15) is 8.42 Å². The normalized spacial score (nSPS) is 17.0. The van der Waals surface area contributed by atoms with Crippen molar-refractivity contribution < 1.29 is 8.42 Å². The maximum absolute atomic E-state index is 12.7. The maximum atomic E-state index is 12.7. The lowest BCUT2D eigenvalue weighted by Gasteiger charge is -2.12. The zero-order valence-electron chi connectivity index (χ0n) is 12.3. The van der Waals surface area contributed by atoms with Gasteiger partial charge >= 0.3 is 0 Å². The fourth-order valence-corrected chi connectivity index (χ4v) is 3.70. The zero-order valence-corrected chi connectivity index (χ0v) is 13.1. The number of rotatable bonds is 6. The Labute approximate surface area is 124 Å². The molecule has 0 radical (unpaired) electrons. The van der Waals surface area contributed by atoms with Crippen LogP contribution >= 0.6 is 0 Å². The fraction of sp³-hybridized carbons (Fsp3) is 0.500. The van der Waals surface area contributed by atoms with Crippen LogP contribution < -0.4 is 10.0 Å². The van der Waals surface area contributed by atoms with Crippen LogP contribution in [0, 0.1) is 5.41 Å². The molecule has 0 atom stereocenters. The van der Waals surface area contributed by atoms with Crippen molar-refractivity contribution in [3.8, 4) is 0 Å². The average Bonchev–Trinajstić information content (AvgIpc) is 3.06. The number of hydrogen-bond donors (Lipinski definition) is 2. The molecule has 1 fully saturated rings. The molecule has 0 spiro atoms. The van der Waals surface area contributed by atoms with Gasteiger partial charge in [0.25, 0.3) is 10.0 Å². The van der Waals surface area contributed by atoms with E-state index in [0.29, 0.717) is 24.6 Å². The number of sulfonamides is 1. The van der Waals surface area contributed by atoms with Crippen molar-refractivity contribution in [3.63, 3.8) is 0 Å². The number of nitrogens with one attached hydrogen (secondary N) is 2. The molecule has 6 nitrogen and oxygen atoms in total. The number of hydrogen-bond acceptors (Lipinski definition) is 4. The Morgan fingerprint density at radius 2 is 2.14 bits per heavy atom. The third-order valence-electron chi connectivity index (χ3n) is 3.88. The van der Waals surface area contributed by atoms with Crippen molar-refractivity contribution in [1.29, 1.82) is 0 Å². The van der Waals surface area contributed by atoms with Crippen LogP contribution in [0.5, 0.6) is 0 Å². The molecule has 114 valence electrons. The van der Waals surface area contributed by atoms with Gasteiger partial charge in [-0.15, -0.1) is 0 Å². The second kappa shape index (κ2) is 4.99. The summed E-state index contributed by atoms with van der Waals surface area (Å²) in [6, 6.07) is 5.43. The van der Waals surface area contributed by atoms with Gasteiger partial charge in [-0.05, 0) is 37.3 Å². The Hall–Kier alpha value is -1.60. The first-order valence-corrected chi connectivity index (χ1v) is 8.64. The number of pyridine rings is 1. The van der Waals surface area contributed by atoms with E-state index >= 15 is 0 Å². The molecule has 0 aliphatic heterocycles. The molecule has 0 unspecified atom stereocenters. The highest BCUT2D eigenvalue weighted by Gasteiger charge is 2.38. The van der Waals surface area contributed by atoms with Crippen molar-refractivity contribution in [1.82, 2.24) is 14.1 Å². The van der Waals surface area contributed by atoms with E-state index in [-0.39, 0.29) is 10.4 Å². The van der Waals surface area contributed by atoms with Crippen LogP contribution in [0.15, 0.2) is 29.4 Å². The topological polar surface area (TPSA) is 75.5 Å². The molecule has 2 aromatic rings. The zero-order chi connectivity index (χ0) is 15.1. The summed E-state index contributed by atoms with van der Waals surface area (Å²) < 4.78 is 29.7. The second-order valence-electron chi connectivity index (χ2n) is 5.86. The van der Waals surface area contributed by atoms with Gasteiger partial charge in [0.1, 0.15) is 5.65 Å². The Morgan fingerprint density at radius 3 is 2.81 bits per heavy atom. The van der Waals surface area contributed by atoms with E-state index in [0.717, 1.165) is 12.8 Å². The van der Waals surface area contributed by atoms with Crippen molar-refractivity contribution >= 4 is 21.5 Å². The number of imidazole rings is 1. The summed E-state index contributed by atoms with van der Waals surface area (Å²) >= 11 is 0. The Bertz CT molecular complexity index is 762. The first-order valence-electron chi connectivity index (χ1n) is 7.16. The minimum Gasteiger partial charge on any atom is -0.368 e. The van der Waals surface area contributed by atoms with Crippen LogP contribution in [0.3, 0.4) is 0 Å². The molecule has 21 heavy (non-hydrogen) atoms. The lowest BCUT2D eigenvalue weighted by Crippen LogP contribution is -2.30. The molecule has 0 bridgehead atoms. The van der Waals surface area contributed by atoms with E-state index in [4.69, 9.17) is 0 Å². The van der Waals surface area contributed by atoms with E-state index in [1.54, 1.807) is 22.7 Å². The second-order valence-corrected chi connectivity index (χ2v) is 7.54. The first kappa shape index (κ1) is 14.3. The SMILES string of the molecule is CCNc1nc2ccccn2c1S(=O)(=O)NCC1(C)CC1. The molecule has 0 amide bonds. The summed E-state index contributed by atoms with van der Waals surface area (Å²) in [7, 11) is -3.60. The van der Waals surface area contributed by atoms with E-state index in [1.807, 2.05) is 13.0 Å². The summed E-state index contributed by atoms with van der Waals surface area (Å²) in [6.07, 6.45) is 3.86. The third kappa shape index (κ3) is 2.75. The lowest BCUT2D eigenvalue weighted by atomic mass is 10.2. The van der Waals surface area contributed by atoms with Crippen molar-refractivity contribution in [2.24, 2.45) is 5.41 Å². The number of fused-ring (bicyclic) bond motifs is 1. The average molecular weight is 308 g/mol. The largest absolute Gasteiger partial charge is 0.368 e. The quantitative estimate of drug-likeness (QED) is 0.854. The van der Waals surface area contributed by atoms with Gasteiger partial charge in [0.05, 0.1) is 0 Å². The molecule has 2 N–H and O–H groups in total. The van der Waals surface area contributed by atoms with Gasteiger partial charge in [0.2, 0.25) is 0 Å². The van der Waals surface area contributed by atoms with Crippen molar-refractivity contribution in [3.05, 3.63) is 24.4 Å². The fourth-order valence-electron chi connectivity index (χ4n) is 2.24. The smallest absolute Gasteiger partial charge is 0.260 e. The predicted octanol–water partition coefficient (Wildman–Crippen LogP) is 1.84. The van der Waals surface area contributed by atoms with Crippen LogP contribution in [0.1, 0.15) is 26.7 Å². The summed E-state index contributed by atoms with van der Waals surface area (Å²) in [5, 5.41) is 3.22. The Balaban J connectivity index is 2.02. The van der Waals surface area contributed by atoms with Gasteiger partial charge in [-0.3, -0.25) is 4.40 Å². The van der Waals surface area contributed by atoms with Crippen LogP contribution in [-0.4, -0.2) is 30.9 Å². The molecular formula is C14H20N4O2S. The summed E-state index contributed by atoms with van der Waals surface area (Å²) in [4.78, 5) is 4.36. The molecular weight excluding hydrogens is 288 g/mol. The van der Waals surface area contributed by atoms with Crippen LogP contribution in [0.4, 0.5) is 5.82 Å². The molecule has 3 rings (SSSR count). The minimum atomic E-state index is -3.60. The molecule has 1 saturated carbocycles. The lowest BCUT2D eigenvalue weighted by molar-refractivity contribution is 0.528.